The maximum absolute atomic E-state index is 14.0. The Morgan fingerprint density at radius 3 is 2.51 bits per heavy atom. The summed E-state index contributed by atoms with van der Waals surface area (Å²) in [6.45, 7) is 5.49. The van der Waals surface area contributed by atoms with Crippen LogP contribution < -0.4 is 20.3 Å². The molecule has 2 unspecified atom stereocenters. The van der Waals surface area contributed by atoms with Crippen molar-refractivity contribution in [3.8, 4) is 11.5 Å². The van der Waals surface area contributed by atoms with Crippen LogP contribution in [-0.2, 0) is 11.3 Å². The molecule has 1 saturated heterocycles. The molecule has 2 aromatic carbocycles. The summed E-state index contributed by atoms with van der Waals surface area (Å²) in [5.41, 5.74) is 4.30. The molecule has 0 saturated carbocycles. The highest BCUT2D eigenvalue weighted by Gasteiger charge is 2.37. The number of aryl methyl sites for hydroxylation is 2. The number of carbonyl (C=O) groups excluding carboxylic acids is 2. The van der Waals surface area contributed by atoms with Crippen molar-refractivity contribution in [3.05, 3.63) is 98.6 Å². The molecule has 1 N–H and O–H groups in total. The van der Waals surface area contributed by atoms with Gasteiger partial charge in [0.1, 0.15) is 17.2 Å². The van der Waals surface area contributed by atoms with E-state index in [9.17, 15) is 14.4 Å². The van der Waals surface area contributed by atoms with Gasteiger partial charge in [0, 0.05) is 54.5 Å². The first-order valence-corrected chi connectivity index (χ1v) is 13.1. The molecule has 8 heteroatoms. The van der Waals surface area contributed by atoms with Crippen LogP contribution in [0.25, 0.3) is 6.08 Å². The van der Waals surface area contributed by atoms with Crippen molar-refractivity contribution in [1.29, 1.82) is 0 Å². The first-order valence-electron chi connectivity index (χ1n) is 13.1. The van der Waals surface area contributed by atoms with Gasteiger partial charge in [0.2, 0.25) is 0 Å². The first kappa shape index (κ1) is 26.3. The highest BCUT2D eigenvalue weighted by atomic mass is 16.5. The van der Waals surface area contributed by atoms with Crippen LogP contribution in [0.15, 0.2) is 65.1 Å². The third-order valence-electron chi connectivity index (χ3n) is 7.76. The summed E-state index contributed by atoms with van der Waals surface area (Å²) in [5.74, 6) is 0.721. The van der Waals surface area contributed by atoms with Crippen molar-refractivity contribution >= 4 is 17.9 Å². The molecule has 5 rings (SSSR count). The van der Waals surface area contributed by atoms with Gasteiger partial charge in [-0.3, -0.25) is 14.4 Å². The lowest BCUT2D eigenvalue weighted by atomic mass is 9.83. The van der Waals surface area contributed by atoms with Crippen molar-refractivity contribution in [2.45, 2.75) is 32.7 Å². The first-order chi connectivity index (χ1) is 18.8. The predicted octanol–water partition coefficient (Wildman–Crippen LogP) is 3.90. The normalized spacial score (nSPS) is 18.3. The summed E-state index contributed by atoms with van der Waals surface area (Å²) in [7, 11) is 3.12. The minimum Gasteiger partial charge on any atom is -0.497 e. The molecule has 2 aliphatic rings. The number of piperidine rings is 1. The van der Waals surface area contributed by atoms with E-state index in [1.54, 1.807) is 61.6 Å². The minimum absolute atomic E-state index is 0.00480. The third kappa shape index (κ3) is 5.32. The Bertz CT molecular complexity index is 1520. The van der Waals surface area contributed by atoms with Crippen LogP contribution in [0, 0.1) is 19.8 Å². The van der Waals surface area contributed by atoms with Crippen LogP contribution in [0.2, 0.25) is 0 Å². The van der Waals surface area contributed by atoms with E-state index >= 15 is 0 Å². The number of likely N-dealkylation sites (tertiary alicyclic amines) is 1. The Morgan fingerprint density at radius 1 is 0.949 bits per heavy atom. The average molecular weight is 528 g/mol. The van der Waals surface area contributed by atoms with Crippen molar-refractivity contribution in [2.24, 2.45) is 5.92 Å². The summed E-state index contributed by atoms with van der Waals surface area (Å²) in [4.78, 5) is 41.6. The quantitative estimate of drug-likeness (QED) is 0.491. The van der Waals surface area contributed by atoms with Crippen molar-refractivity contribution in [3.63, 3.8) is 0 Å². The monoisotopic (exact) mass is 527 g/mol. The molecule has 2 aliphatic heterocycles. The Hall–Kier alpha value is -4.33. The predicted molar refractivity (Wildman–Crippen MR) is 149 cm³/mol. The zero-order valence-electron chi connectivity index (χ0n) is 22.7. The number of methoxy groups -OCH3 is 2. The second kappa shape index (κ2) is 10.8. The van der Waals surface area contributed by atoms with Crippen molar-refractivity contribution < 1.29 is 19.1 Å². The van der Waals surface area contributed by atoms with Gasteiger partial charge >= 0.3 is 0 Å². The summed E-state index contributed by atoms with van der Waals surface area (Å²) in [6.07, 6.45) is 2.58. The number of hydrogen-bond acceptors (Lipinski definition) is 5. The number of hydrogen-bond donors (Lipinski definition) is 1. The van der Waals surface area contributed by atoms with Gasteiger partial charge in [-0.05, 0) is 73.7 Å². The summed E-state index contributed by atoms with van der Waals surface area (Å²) < 4.78 is 12.7. The fourth-order valence-electron chi connectivity index (χ4n) is 5.55. The van der Waals surface area contributed by atoms with Gasteiger partial charge in [-0.15, -0.1) is 0 Å². The van der Waals surface area contributed by atoms with Gasteiger partial charge in [-0.25, -0.2) is 0 Å². The molecule has 3 aromatic rings. The molecular formula is C31H33N3O5. The van der Waals surface area contributed by atoms with Crippen LogP contribution >= 0.6 is 0 Å². The third-order valence-corrected chi connectivity index (χ3v) is 7.76. The Kier molecular flexibility index (Phi) is 7.28. The van der Waals surface area contributed by atoms with E-state index in [0.717, 1.165) is 23.2 Å². The largest absolute Gasteiger partial charge is 0.497 e. The van der Waals surface area contributed by atoms with E-state index in [1.165, 1.54) is 0 Å². The lowest BCUT2D eigenvalue weighted by molar-refractivity contribution is -0.130. The number of carbonyl (C=O) groups is 2. The van der Waals surface area contributed by atoms with Crippen LogP contribution in [0.1, 0.15) is 45.1 Å². The number of nitrogens with zero attached hydrogens (tertiary/aromatic N) is 2. The molecule has 202 valence electrons. The van der Waals surface area contributed by atoms with Crippen molar-refractivity contribution in [1.82, 2.24) is 14.8 Å². The molecule has 2 amide bonds. The summed E-state index contributed by atoms with van der Waals surface area (Å²) >= 11 is 0. The second-order valence-corrected chi connectivity index (χ2v) is 10.3. The van der Waals surface area contributed by atoms with Gasteiger partial charge < -0.3 is 24.3 Å². The Labute approximate surface area is 227 Å². The fraction of sp³-hybridized carbons (Fsp3) is 0.323. The number of aromatic nitrogens is 1. The summed E-state index contributed by atoms with van der Waals surface area (Å²) in [5, 5.41) is 2.89. The number of benzene rings is 2. The summed E-state index contributed by atoms with van der Waals surface area (Å²) in [6, 6.07) is 16.1. The SMILES string of the molecule is COc1ccc(/C=C(\NC(=O)c2ccc(C)c(C)c2)C(=O)N2CC3CC(C2)c2cccc(=O)n2C3)c(OC)c1. The van der Waals surface area contributed by atoms with Gasteiger partial charge in [-0.1, -0.05) is 12.1 Å². The second-order valence-electron chi connectivity index (χ2n) is 10.3. The van der Waals surface area contributed by atoms with Crippen LogP contribution in [0.5, 0.6) is 11.5 Å². The molecule has 0 aliphatic carbocycles. The zero-order chi connectivity index (χ0) is 27.7. The molecule has 1 aromatic heterocycles. The van der Waals surface area contributed by atoms with Crippen LogP contribution in [0.4, 0.5) is 0 Å². The molecule has 2 atom stereocenters. The molecule has 3 heterocycles. The molecule has 8 nitrogen and oxygen atoms in total. The Morgan fingerprint density at radius 2 is 1.77 bits per heavy atom. The van der Waals surface area contributed by atoms with Gasteiger partial charge in [0.15, 0.2) is 0 Å². The molecule has 2 bridgehead atoms. The highest BCUT2D eigenvalue weighted by Crippen LogP contribution is 2.35. The standard InChI is InChI=1S/C31H33N3O5/c1-19-8-9-23(12-20(19)2)30(36)32-26(14-22-10-11-25(38-3)15-28(22)39-4)31(37)33-16-21-13-24(18-33)27-6-5-7-29(35)34(27)17-21/h5-12,14-15,21,24H,13,16-18H2,1-4H3,(H,32,36)/b26-14-. The number of amides is 2. The number of fused-ring (bicyclic) bond motifs is 4. The molecule has 0 radical (unpaired) electrons. The van der Waals surface area contributed by atoms with Gasteiger partial charge in [-0.2, -0.15) is 0 Å². The van der Waals surface area contributed by atoms with E-state index in [-0.39, 0.29) is 34.9 Å². The maximum atomic E-state index is 14.0. The minimum atomic E-state index is -0.362. The number of rotatable bonds is 6. The van der Waals surface area contributed by atoms with E-state index in [2.05, 4.69) is 5.32 Å². The van der Waals surface area contributed by atoms with E-state index in [0.29, 0.717) is 42.3 Å². The van der Waals surface area contributed by atoms with Gasteiger partial charge in [0.25, 0.3) is 17.4 Å². The lowest BCUT2D eigenvalue weighted by Gasteiger charge is -2.43. The number of pyridine rings is 1. The van der Waals surface area contributed by atoms with Crippen molar-refractivity contribution in [2.75, 3.05) is 27.3 Å². The Balaban J connectivity index is 1.49. The zero-order valence-corrected chi connectivity index (χ0v) is 22.7. The topological polar surface area (TPSA) is 89.9 Å². The molecular weight excluding hydrogens is 494 g/mol. The fourth-order valence-corrected chi connectivity index (χ4v) is 5.55. The lowest BCUT2D eigenvalue weighted by Crippen LogP contribution is -2.50. The van der Waals surface area contributed by atoms with E-state index in [4.69, 9.17) is 9.47 Å². The van der Waals surface area contributed by atoms with Crippen LogP contribution in [0.3, 0.4) is 0 Å². The number of ether oxygens (including phenoxy) is 2. The molecule has 1 fully saturated rings. The maximum Gasteiger partial charge on any atom is 0.270 e. The smallest absolute Gasteiger partial charge is 0.270 e. The van der Waals surface area contributed by atoms with Crippen LogP contribution in [-0.4, -0.2) is 48.6 Å². The average Bonchev–Trinajstić information content (AvgIpc) is 2.94. The highest BCUT2D eigenvalue weighted by molar-refractivity contribution is 6.05. The molecule has 0 spiro atoms. The van der Waals surface area contributed by atoms with E-state index < -0.39 is 0 Å². The number of nitrogens with one attached hydrogen (secondary N) is 1. The van der Waals surface area contributed by atoms with E-state index in [1.807, 2.05) is 36.6 Å². The molecule has 39 heavy (non-hydrogen) atoms. The van der Waals surface area contributed by atoms with Gasteiger partial charge in [0.05, 0.1) is 14.2 Å².